The van der Waals surface area contributed by atoms with Crippen LogP contribution in [0, 0.1) is 6.92 Å². The van der Waals surface area contributed by atoms with Gasteiger partial charge in [-0.3, -0.25) is 0 Å². The minimum Gasteiger partial charge on any atom is -0.496 e. The molecule has 0 aromatic heterocycles. The van der Waals surface area contributed by atoms with Crippen molar-refractivity contribution < 1.29 is 4.74 Å². The first-order valence-electron chi connectivity index (χ1n) is 7.32. The molecule has 1 fully saturated rings. The standard InChI is InChI=1S/C18H20BrNO/c1-12-3-5-13(6-4-12)14-9-16(10-14)20-15-7-8-18(21-2)17(19)11-15/h3-8,11,14,16,20H,9-10H2,1-2H3. The highest BCUT2D eigenvalue weighted by Gasteiger charge is 2.30. The highest BCUT2D eigenvalue weighted by molar-refractivity contribution is 9.10. The van der Waals surface area contributed by atoms with E-state index in [4.69, 9.17) is 4.74 Å². The lowest BCUT2D eigenvalue weighted by Crippen LogP contribution is -2.33. The predicted octanol–water partition coefficient (Wildman–Crippen LogP) is 5.12. The number of anilines is 1. The largest absolute Gasteiger partial charge is 0.496 e. The molecule has 1 aliphatic carbocycles. The van der Waals surface area contributed by atoms with Gasteiger partial charge in [-0.25, -0.2) is 0 Å². The molecule has 0 saturated heterocycles. The van der Waals surface area contributed by atoms with Gasteiger partial charge in [0.25, 0.3) is 0 Å². The Bertz CT molecular complexity index is 618. The lowest BCUT2D eigenvalue weighted by molar-refractivity contribution is 0.374. The zero-order valence-electron chi connectivity index (χ0n) is 12.4. The Hall–Kier alpha value is -1.48. The van der Waals surface area contributed by atoms with Gasteiger partial charge in [-0.15, -0.1) is 0 Å². The van der Waals surface area contributed by atoms with Crippen LogP contribution in [0.1, 0.15) is 29.9 Å². The molecule has 1 N–H and O–H groups in total. The van der Waals surface area contributed by atoms with E-state index in [1.165, 1.54) is 24.0 Å². The fourth-order valence-corrected chi connectivity index (χ4v) is 3.38. The van der Waals surface area contributed by atoms with Gasteiger partial charge in [-0.1, -0.05) is 29.8 Å². The number of hydrogen-bond donors (Lipinski definition) is 1. The van der Waals surface area contributed by atoms with Gasteiger partial charge in [-0.2, -0.15) is 0 Å². The van der Waals surface area contributed by atoms with Crippen LogP contribution in [0.15, 0.2) is 46.9 Å². The monoisotopic (exact) mass is 345 g/mol. The van der Waals surface area contributed by atoms with Gasteiger partial charge in [0.05, 0.1) is 11.6 Å². The quantitative estimate of drug-likeness (QED) is 0.829. The van der Waals surface area contributed by atoms with Crippen molar-refractivity contribution in [1.29, 1.82) is 0 Å². The SMILES string of the molecule is COc1ccc(NC2CC(c3ccc(C)cc3)C2)cc1Br. The summed E-state index contributed by atoms with van der Waals surface area (Å²) < 4.78 is 6.25. The van der Waals surface area contributed by atoms with Crippen molar-refractivity contribution in [2.24, 2.45) is 0 Å². The van der Waals surface area contributed by atoms with E-state index in [9.17, 15) is 0 Å². The Kier molecular flexibility index (Phi) is 4.20. The molecule has 1 saturated carbocycles. The number of methoxy groups -OCH3 is 1. The second-order valence-corrected chi connectivity index (χ2v) is 6.62. The molecule has 0 bridgehead atoms. The average molecular weight is 346 g/mol. The van der Waals surface area contributed by atoms with Crippen LogP contribution < -0.4 is 10.1 Å². The number of benzene rings is 2. The third kappa shape index (κ3) is 3.24. The third-order valence-corrected chi connectivity index (χ3v) is 4.83. The maximum Gasteiger partial charge on any atom is 0.133 e. The van der Waals surface area contributed by atoms with E-state index in [0.29, 0.717) is 12.0 Å². The van der Waals surface area contributed by atoms with Crippen LogP contribution in [-0.2, 0) is 0 Å². The van der Waals surface area contributed by atoms with Gasteiger partial charge >= 0.3 is 0 Å². The number of rotatable bonds is 4. The Morgan fingerprint density at radius 1 is 1.10 bits per heavy atom. The molecule has 0 aliphatic heterocycles. The molecule has 0 amide bonds. The number of aryl methyl sites for hydroxylation is 1. The van der Waals surface area contributed by atoms with E-state index < -0.39 is 0 Å². The van der Waals surface area contributed by atoms with Crippen molar-refractivity contribution in [3.05, 3.63) is 58.1 Å². The molecule has 2 nitrogen and oxygen atoms in total. The Balaban J connectivity index is 1.57. The average Bonchev–Trinajstić information content (AvgIpc) is 2.44. The van der Waals surface area contributed by atoms with Gasteiger partial charge in [0.1, 0.15) is 5.75 Å². The molecular formula is C18H20BrNO. The molecule has 0 atom stereocenters. The highest BCUT2D eigenvalue weighted by Crippen LogP contribution is 2.39. The summed E-state index contributed by atoms with van der Waals surface area (Å²) in [5.41, 5.74) is 3.94. The minimum absolute atomic E-state index is 0.566. The fraction of sp³-hybridized carbons (Fsp3) is 0.333. The molecule has 3 rings (SSSR count). The van der Waals surface area contributed by atoms with Crippen molar-refractivity contribution in [2.45, 2.75) is 31.7 Å². The van der Waals surface area contributed by atoms with Gasteiger partial charge in [0, 0.05) is 11.7 Å². The molecule has 0 unspecified atom stereocenters. The van der Waals surface area contributed by atoms with Crippen molar-refractivity contribution in [1.82, 2.24) is 0 Å². The Morgan fingerprint density at radius 2 is 1.81 bits per heavy atom. The van der Waals surface area contributed by atoms with Crippen LogP contribution in [0.4, 0.5) is 5.69 Å². The molecule has 0 heterocycles. The summed E-state index contributed by atoms with van der Waals surface area (Å²) in [6, 6.07) is 15.6. The maximum absolute atomic E-state index is 5.26. The zero-order valence-corrected chi connectivity index (χ0v) is 14.0. The zero-order chi connectivity index (χ0) is 14.8. The first-order chi connectivity index (χ1) is 10.2. The first-order valence-corrected chi connectivity index (χ1v) is 8.11. The highest BCUT2D eigenvalue weighted by atomic mass is 79.9. The third-order valence-electron chi connectivity index (χ3n) is 4.21. The van der Waals surface area contributed by atoms with Gasteiger partial charge < -0.3 is 10.1 Å². The van der Waals surface area contributed by atoms with Gasteiger partial charge in [-0.05, 0) is 65.4 Å². The van der Waals surface area contributed by atoms with E-state index >= 15 is 0 Å². The molecule has 2 aromatic carbocycles. The lowest BCUT2D eigenvalue weighted by Gasteiger charge is -2.37. The predicted molar refractivity (Wildman–Crippen MR) is 91.3 cm³/mol. The number of nitrogens with one attached hydrogen (secondary N) is 1. The van der Waals surface area contributed by atoms with E-state index in [0.717, 1.165) is 15.9 Å². The second-order valence-electron chi connectivity index (χ2n) is 5.77. The van der Waals surface area contributed by atoms with E-state index in [1.807, 2.05) is 6.07 Å². The summed E-state index contributed by atoms with van der Waals surface area (Å²) in [5, 5.41) is 3.60. The van der Waals surface area contributed by atoms with Crippen LogP contribution >= 0.6 is 15.9 Å². The summed E-state index contributed by atoms with van der Waals surface area (Å²) in [6.45, 7) is 2.14. The Labute approximate surface area is 134 Å². The smallest absolute Gasteiger partial charge is 0.133 e. The number of ether oxygens (including phenoxy) is 1. The molecule has 3 heteroatoms. The van der Waals surface area contributed by atoms with Crippen molar-refractivity contribution >= 4 is 21.6 Å². The number of halogens is 1. The van der Waals surface area contributed by atoms with Gasteiger partial charge in [0.15, 0.2) is 0 Å². The van der Waals surface area contributed by atoms with Crippen molar-refractivity contribution in [3.63, 3.8) is 0 Å². The summed E-state index contributed by atoms with van der Waals surface area (Å²) in [6.07, 6.45) is 2.40. The molecule has 21 heavy (non-hydrogen) atoms. The van der Waals surface area contributed by atoms with E-state index in [-0.39, 0.29) is 0 Å². The summed E-state index contributed by atoms with van der Waals surface area (Å²) in [4.78, 5) is 0. The van der Waals surface area contributed by atoms with Crippen LogP contribution in [0.3, 0.4) is 0 Å². The number of hydrogen-bond acceptors (Lipinski definition) is 2. The van der Waals surface area contributed by atoms with Crippen LogP contribution in [0.5, 0.6) is 5.75 Å². The molecule has 0 radical (unpaired) electrons. The second kappa shape index (κ2) is 6.10. The fourth-order valence-electron chi connectivity index (χ4n) is 2.84. The summed E-state index contributed by atoms with van der Waals surface area (Å²) in [7, 11) is 1.69. The molecule has 2 aromatic rings. The van der Waals surface area contributed by atoms with Crippen LogP contribution in [0.25, 0.3) is 0 Å². The van der Waals surface area contributed by atoms with Crippen LogP contribution in [-0.4, -0.2) is 13.2 Å². The molecule has 1 aliphatic rings. The lowest BCUT2D eigenvalue weighted by atomic mass is 9.75. The minimum atomic E-state index is 0.566. The first kappa shape index (κ1) is 14.5. The molecular weight excluding hydrogens is 326 g/mol. The van der Waals surface area contributed by atoms with E-state index in [2.05, 4.69) is 64.6 Å². The van der Waals surface area contributed by atoms with E-state index in [1.54, 1.807) is 7.11 Å². The summed E-state index contributed by atoms with van der Waals surface area (Å²) in [5.74, 6) is 1.57. The van der Waals surface area contributed by atoms with Crippen molar-refractivity contribution in [2.75, 3.05) is 12.4 Å². The Morgan fingerprint density at radius 3 is 2.43 bits per heavy atom. The molecule has 110 valence electrons. The van der Waals surface area contributed by atoms with Gasteiger partial charge in [0.2, 0.25) is 0 Å². The normalized spacial score (nSPS) is 20.7. The topological polar surface area (TPSA) is 21.3 Å². The summed E-state index contributed by atoms with van der Waals surface area (Å²) >= 11 is 3.53. The van der Waals surface area contributed by atoms with Crippen LogP contribution in [0.2, 0.25) is 0 Å². The van der Waals surface area contributed by atoms with Crippen molar-refractivity contribution in [3.8, 4) is 5.75 Å². The maximum atomic E-state index is 5.26. The molecule has 0 spiro atoms.